The van der Waals surface area contributed by atoms with Crippen LogP contribution in [0, 0.1) is 0 Å². The summed E-state index contributed by atoms with van der Waals surface area (Å²) in [6.45, 7) is 0. The summed E-state index contributed by atoms with van der Waals surface area (Å²) in [6.07, 6.45) is 0. The second-order valence-corrected chi connectivity index (χ2v) is 8.45. The summed E-state index contributed by atoms with van der Waals surface area (Å²) in [6, 6.07) is 32.8. The van der Waals surface area contributed by atoms with Gasteiger partial charge in [-0.1, -0.05) is 54.6 Å². The van der Waals surface area contributed by atoms with Crippen LogP contribution in [0.3, 0.4) is 0 Å². The van der Waals surface area contributed by atoms with Gasteiger partial charge in [0.25, 0.3) is 0 Å². The van der Waals surface area contributed by atoms with Gasteiger partial charge in [-0.2, -0.15) is 0 Å². The van der Waals surface area contributed by atoms with Crippen LogP contribution in [0.2, 0.25) is 0 Å². The fourth-order valence-electron chi connectivity index (χ4n) is 4.36. The van der Waals surface area contributed by atoms with E-state index in [0.29, 0.717) is 0 Å². The lowest BCUT2D eigenvalue weighted by atomic mass is 9.91. The van der Waals surface area contributed by atoms with E-state index in [-0.39, 0.29) is 0 Å². The fraction of sp³-hybridized carbons (Fsp3) is 0.0370. The summed E-state index contributed by atoms with van der Waals surface area (Å²) in [7, 11) is 1.71. The van der Waals surface area contributed by atoms with Gasteiger partial charge in [0.15, 0.2) is 0 Å². The molecule has 0 aliphatic heterocycles. The molecule has 5 aromatic carbocycles. The highest BCUT2D eigenvalue weighted by Gasteiger charge is 2.13. The Hall–Kier alpha value is -3.36. The van der Waals surface area contributed by atoms with E-state index >= 15 is 0 Å². The lowest BCUT2D eigenvalue weighted by Crippen LogP contribution is -1.87. The van der Waals surface area contributed by atoms with Crippen molar-refractivity contribution in [2.75, 3.05) is 7.11 Å². The summed E-state index contributed by atoms with van der Waals surface area (Å²) in [5.41, 5.74) is 2.51. The maximum Gasteiger partial charge on any atom is 0.118 e. The first kappa shape index (κ1) is 16.6. The lowest BCUT2D eigenvalue weighted by Gasteiger charge is -2.13. The van der Waals surface area contributed by atoms with Gasteiger partial charge in [-0.25, -0.2) is 0 Å². The van der Waals surface area contributed by atoms with Gasteiger partial charge in [-0.05, 0) is 69.1 Å². The summed E-state index contributed by atoms with van der Waals surface area (Å²) >= 11 is 1.87. The number of ether oxygens (including phenoxy) is 1. The number of rotatable bonds is 2. The second kappa shape index (κ2) is 6.33. The van der Waals surface area contributed by atoms with Gasteiger partial charge in [0.05, 0.1) is 7.11 Å². The van der Waals surface area contributed by atoms with E-state index < -0.39 is 0 Å². The van der Waals surface area contributed by atoms with Crippen LogP contribution in [0.5, 0.6) is 5.75 Å². The predicted molar refractivity (Wildman–Crippen MR) is 126 cm³/mol. The van der Waals surface area contributed by atoms with E-state index in [0.717, 1.165) is 5.75 Å². The van der Waals surface area contributed by atoms with Crippen LogP contribution in [0.4, 0.5) is 0 Å². The Labute approximate surface area is 172 Å². The Morgan fingerprint density at radius 2 is 1.34 bits per heavy atom. The van der Waals surface area contributed by atoms with E-state index in [9.17, 15) is 0 Å². The van der Waals surface area contributed by atoms with Crippen molar-refractivity contribution in [2.45, 2.75) is 0 Å². The van der Waals surface area contributed by atoms with Crippen LogP contribution < -0.4 is 4.74 Å². The molecule has 1 heterocycles. The normalized spacial score (nSPS) is 11.6. The van der Waals surface area contributed by atoms with Gasteiger partial charge < -0.3 is 4.74 Å². The number of hydrogen-bond acceptors (Lipinski definition) is 2. The van der Waals surface area contributed by atoms with Crippen LogP contribution >= 0.6 is 11.3 Å². The standard InChI is InChI=1S/C27H18OS/c1-28-20-12-10-17(11-13-20)27-21-7-3-2-6-18(21)14-19-15-24-22-8-4-5-9-25(22)29-26(24)16-23(19)27/h2-16H,1H3. The molecule has 0 saturated heterocycles. The third kappa shape index (κ3) is 2.53. The van der Waals surface area contributed by atoms with Crippen molar-refractivity contribution in [2.24, 2.45) is 0 Å². The van der Waals surface area contributed by atoms with Crippen molar-refractivity contribution < 1.29 is 4.74 Å². The van der Waals surface area contributed by atoms with Gasteiger partial charge in [0.1, 0.15) is 5.75 Å². The van der Waals surface area contributed by atoms with Crippen LogP contribution in [0.1, 0.15) is 0 Å². The summed E-state index contributed by atoms with van der Waals surface area (Å²) in [4.78, 5) is 0. The highest BCUT2D eigenvalue weighted by atomic mass is 32.1. The molecule has 0 unspecified atom stereocenters. The lowest BCUT2D eigenvalue weighted by molar-refractivity contribution is 0.415. The van der Waals surface area contributed by atoms with E-state index in [4.69, 9.17) is 4.74 Å². The molecule has 6 aromatic rings. The number of benzene rings is 5. The molecule has 0 spiro atoms. The molecule has 0 N–H and O–H groups in total. The maximum atomic E-state index is 5.37. The molecule has 29 heavy (non-hydrogen) atoms. The molecule has 2 heteroatoms. The minimum absolute atomic E-state index is 0.880. The van der Waals surface area contributed by atoms with Crippen LogP contribution in [0.15, 0.2) is 91.0 Å². The molecule has 0 atom stereocenters. The zero-order valence-corrected chi connectivity index (χ0v) is 16.8. The van der Waals surface area contributed by atoms with Crippen molar-refractivity contribution in [3.63, 3.8) is 0 Å². The average Bonchev–Trinajstić information content (AvgIpc) is 3.13. The molecular weight excluding hydrogens is 372 g/mol. The van der Waals surface area contributed by atoms with Crippen LogP contribution in [-0.4, -0.2) is 7.11 Å². The molecule has 0 amide bonds. The fourth-order valence-corrected chi connectivity index (χ4v) is 5.48. The minimum Gasteiger partial charge on any atom is -0.497 e. The van der Waals surface area contributed by atoms with Crippen molar-refractivity contribution in [1.82, 2.24) is 0 Å². The Morgan fingerprint density at radius 3 is 2.17 bits per heavy atom. The third-order valence-electron chi connectivity index (χ3n) is 5.74. The largest absolute Gasteiger partial charge is 0.497 e. The van der Waals surface area contributed by atoms with Crippen molar-refractivity contribution in [1.29, 1.82) is 0 Å². The Kier molecular flexibility index (Phi) is 3.62. The maximum absolute atomic E-state index is 5.37. The first-order chi connectivity index (χ1) is 14.3. The monoisotopic (exact) mass is 390 g/mol. The number of fused-ring (bicyclic) bond motifs is 5. The van der Waals surface area contributed by atoms with E-state index in [2.05, 4.69) is 78.9 Å². The van der Waals surface area contributed by atoms with Crippen molar-refractivity contribution in [3.05, 3.63) is 91.0 Å². The first-order valence-corrected chi connectivity index (χ1v) is 10.5. The molecule has 0 bridgehead atoms. The van der Waals surface area contributed by atoms with Gasteiger partial charge in [-0.3, -0.25) is 0 Å². The van der Waals surface area contributed by atoms with Crippen LogP contribution in [-0.2, 0) is 0 Å². The zero-order chi connectivity index (χ0) is 19.4. The Balaban J connectivity index is 1.77. The molecule has 0 aliphatic carbocycles. The first-order valence-electron chi connectivity index (χ1n) is 9.73. The molecule has 0 aliphatic rings. The van der Waals surface area contributed by atoms with E-state index in [1.54, 1.807) is 7.11 Å². The Morgan fingerprint density at radius 1 is 0.586 bits per heavy atom. The number of methoxy groups -OCH3 is 1. The number of hydrogen-bond donors (Lipinski definition) is 0. The Bertz CT molecular complexity index is 1520. The van der Waals surface area contributed by atoms with Crippen molar-refractivity contribution >= 4 is 53.1 Å². The molecule has 138 valence electrons. The molecule has 6 rings (SSSR count). The van der Waals surface area contributed by atoms with Crippen LogP contribution in [0.25, 0.3) is 52.8 Å². The quantitative estimate of drug-likeness (QED) is 0.272. The average molecular weight is 391 g/mol. The number of thiophene rings is 1. The molecule has 1 aromatic heterocycles. The zero-order valence-electron chi connectivity index (χ0n) is 16.0. The molecule has 0 fully saturated rings. The van der Waals surface area contributed by atoms with Crippen molar-refractivity contribution in [3.8, 4) is 16.9 Å². The summed E-state index contributed by atoms with van der Waals surface area (Å²) in [5.74, 6) is 0.880. The minimum atomic E-state index is 0.880. The van der Waals surface area contributed by atoms with E-state index in [1.807, 2.05) is 23.5 Å². The van der Waals surface area contributed by atoms with Gasteiger partial charge in [0.2, 0.25) is 0 Å². The smallest absolute Gasteiger partial charge is 0.118 e. The molecule has 0 saturated carbocycles. The summed E-state index contributed by atoms with van der Waals surface area (Å²) in [5, 5.41) is 7.82. The van der Waals surface area contributed by atoms with Gasteiger partial charge >= 0.3 is 0 Å². The predicted octanol–water partition coefficient (Wildman–Crippen LogP) is 8.04. The molecule has 0 radical (unpaired) electrons. The van der Waals surface area contributed by atoms with Gasteiger partial charge in [-0.15, -0.1) is 11.3 Å². The molecule has 1 nitrogen and oxygen atoms in total. The topological polar surface area (TPSA) is 9.23 Å². The highest BCUT2D eigenvalue weighted by molar-refractivity contribution is 7.25. The highest BCUT2D eigenvalue weighted by Crippen LogP contribution is 2.42. The third-order valence-corrected chi connectivity index (χ3v) is 6.87. The second-order valence-electron chi connectivity index (χ2n) is 7.37. The van der Waals surface area contributed by atoms with E-state index in [1.165, 1.54) is 52.8 Å². The summed E-state index contributed by atoms with van der Waals surface area (Å²) < 4.78 is 8.05. The van der Waals surface area contributed by atoms with Gasteiger partial charge in [0, 0.05) is 20.2 Å². The molecular formula is C27H18OS. The SMILES string of the molecule is COc1ccc(-c2c3ccccc3cc3cc4c(cc23)sc2ccccc24)cc1.